The summed E-state index contributed by atoms with van der Waals surface area (Å²) < 4.78 is 1.24. The van der Waals surface area contributed by atoms with E-state index in [0.29, 0.717) is 6.04 Å². The van der Waals surface area contributed by atoms with Gasteiger partial charge in [-0.15, -0.1) is 11.3 Å². The minimum absolute atomic E-state index is 0.307. The van der Waals surface area contributed by atoms with Gasteiger partial charge in [0.2, 0.25) is 0 Å². The van der Waals surface area contributed by atoms with Crippen molar-refractivity contribution in [3.05, 3.63) is 55.7 Å². The van der Waals surface area contributed by atoms with Gasteiger partial charge in [0.05, 0.1) is 9.83 Å². The molecule has 0 aliphatic heterocycles. The summed E-state index contributed by atoms with van der Waals surface area (Å²) in [5.41, 5.74) is 4.17. The summed E-state index contributed by atoms with van der Waals surface area (Å²) >= 11 is 5.49. The molecule has 0 bridgehead atoms. The van der Waals surface area contributed by atoms with Crippen LogP contribution in [0.15, 0.2) is 34.1 Å². The van der Waals surface area contributed by atoms with Crippen LogP contribution in [0.4, 0.5) is 0 Å². The molecule has 0 saturated carbocycles. The topological polar surface area (TPSA) is 12.0 Å². The number of aryl methyl sites for hydroxylation is 2. The molecule has 0 amide bonds. The lowest BCUT2D eigenvalue weighted by Gasteiger charge is -2.20. The predicted octanol–water partition coefficient (Wildman–Crippen LogP) is 5.47. The van der Waals surface area contributed by atoms with Gasteiger partial charge in [-0.3, -0.25) is 0 Å². The normalized spacial score (nSPS) is 12.6. The molecule has 0 radical (unpaired) electrons. The number of rotatable bonds is 6. The molecule has 1 heterocycles. The second kappa shape index (κ2) is 7.39. The van der Waals surface area contributed by atoms with E-state index >= 15 is 0 Å². The summed E-state index contributed by atoms with van der Waals surface area (Å²) in [6, 6.07) is 11.4. The van der Waals surface area contributed by atoms with E-state index in [0.717, 1.165) is 19.4 Å². The number of hydrogen-bond donors (Lipinski definition) is 1. The van der Waals surface area contributed by atoms with Gasteiger partial charge in [-0.25, -0.2) is 0 Å². The van der Waals surface area contributed by atoms with Gasteiger partial charge in [-0.2, -0.15) is 0 Å². The minimum Gasteiger partial charge on any atom is -0.306 e. The Morgan fingerprint density at radius 2 is 2.00 bits per heavy atom. The van der Waals surface area contributed by atoms with E-state index < -0.39 is 0 Å². The standard InChI is InChI=1S/C17H22BrNS/c1-4-10-19-16(15-11-12(3)17(18)20-15)14-9-7-6-8-13(14)5-2/h6-9,11,16,19H,4-5,10H2,1-3H3. The van der Waals surface area contributed by atoms with Crippen LogP contribution in [0.2, 0.25) is 0 Å². The van der Waals surface area contributed by atoms with Crippen LogP contribution < -0.4 is 5.32 Å². The number of nitrogens with one attached hydrogen (secondary N) is 1. The van der Waals surface area contributed by atoms with Gasteiger partial charge in [0.15, 0.2) is 0 Å². The van der Waals surface area contributed by atoms with E-state index in [1.165, 1.54) is 25.4 Å². The molecule has 2 rings (SSSR count). The number of halogens is 1. The van der Waals surface area contributed by atoms with Gasteiger partial charge in [0, 0.05) is 4.88 Å². The largest absolute Gasteiger partial charge is 0.306 e. The molecule has 108 valence electrons. The fourth-order valence-corrected chi connectivity index (χ4v) is 4.08. The van der Waals surface area contributed by atoms with Gasteiger partial charge in [-0.1, -0.05) is 38.1 Å². The van der Waals surface area contributed by atoms with E-state index in [4.69, 9.17) is 0 Å². The van der Waals surface area contributed by atoms with E-state index in [1.54, 1.807) is 0 Å². The third-order valence-corrected chi connectivity index (χ3v) is 5.71. The zero-order chi connectivity index (χ0) is 14.5. The second-order valence-corrected chi connectivity index (χ2v) is 7.45. The molecule has 2 aromatic rings. The molecule has 1 unspecified atom stereocenters. The number of hydrogen-bond acceptors (Lipinski definition) is 2. The highest BCUT2D eigenvalue weighted by Crippen LogP contribution is 2.35. The molecule has 1 N–H and O–H groups in total. The second-order valence-electron chi connectivity index (χ2n) is 5.04. The highest BCUT2D eigenvalue weighted by atomic mass is 79.9. The van der Waals surface area contributed by atoms with Gasteiger partial charge >= 0.3 is 0 Å². The Morgan fingerprint density at radius 1 is 1.25 bits per heavy atom. The molecule has 1 aromatic carbocycles. The summed E-state index contributed by atoms with van der Waals surface area (Å²) in [6.45, 7) is 7.64. The van der Waals surface area contributed by atoms with Gasteiger partial charge in [0.1, 0.15) is 0 Å². The Kier molecular flexibility index (Phi) is 5.82. The van der Waals surface area contributed by atoms with Gasteiger partial charge < -0.3 is 5.32 Å². The molecule has 3 heteroatoms. The average Bonchev–Trinajstić information content (AvgIpc) is 2.79. The maximum Gasteiger partial charge on any atom is 0.0731 e. The first-order valence-corrected chi connectivity index (χ1v) is 8.85. The zero-order valence-corrected chi connectivity index (χ0v) is 14.8. The van der Waals surface area contributed by atoms with Gasteiger partial charge in [-0.05, 0) is 65.0 Å². The third-order valence-electron chi connectivity index (χ3n) is 3.51. The highest BCUT2D eigenvalue weighted by molar-refractivity contribution is 9.11. The van der Waals surface area contributed by atoms with Crippen molar-refractivity contribution in [1.29, 1.82) is 0 Å². The van der Waals surface area contributed by atoms with Crippen LogP contribution in [0.3, 0.4) is 0 Å². The Labute approximate surface area is 134 Å². The van der Waals surface area contributed by atoms with E-state index in [-0.39, 0.29) is 0 Å². The first kappa shape index (κ1) is 15.7. The number of thiophene rings is 1. The van der Waals surface area contributed by atoms with Crippen LogP contribution >= 0.6 is 27.3 Å². The van der Waals surface area contributed by atoms with Crippen LogP contribution in [-0.4, -0.2) is 6.54 Å². The molecule has 20 heavy (non-hydrogen) atoms. The lowest BCUT2D eigenvalue weighted by Crippen LogP contribution is -2.23. The summed E-state index contributed by atoms with van der Waals surface area (Å²) in [6.07, 6.45) is 2.22. The quantitative estimate of drug-likeness (QED) is 0.727. The van der Waals surface area contributed by atoms with Crippen LogP contribution in [0.5, 0.6) is 0 Å². The van der Waals surface area contributed by atoms with Gasteiger partial charge in [0.25, 0.3) is 0 Å². The molecular formula is C17H22BrNS. The summed E-state index contributed by atoms with van der Waals surface area (Å²) in [4.78, 5) is 1.39. The monoisotopic (exact) mass is 351 g/mol. The summed E-state index contributed by atoms with van der Waals surface area (Å²) in [5, 5.41) is 3.71. The molecule has 0 spiro atoms. The molecule has 1 nitrogen and oxygen atoms in total. The Bertz CT molecular complexity index is 542. The Balaban J connectivity index is 2.41. The predicted molar refractivity (Wildman–Crippen MR) is 92.7 cm³/mol. The smallest absolute Gasteiger partial charge is 0.0731 e. The van der Waals surface area contributed by atoms with Crippen molar-refractivity contribution in [2.24, 2.45) is 0 Å². The van der Waals surface area contributed by atoms with Crippen molar-refractivity contribution < 1.29 is 0 Å². The van der Waals surface area contributed by atoms with Crippen molar-refractivity contribution in [3.63, 3.8) is 0 Å². The van der Waals surface area contributed by atoms with Crippen molar-refractivity contribution in [2.75, 3.05) is 6.54 Å². The molecular weight excluding hydrogens is 330 g/mol. The van der Waals surface area contributed by atoms with Crippen molar-refractivity contribution in [2.45, 2.75) is 39.7 Å². The van der Waals surface area contributed by atoms with E-state index in [2.05, 4.69) is 72.3 Å². The molecule has 0 fully saturated rings. The van der Waals surface area contributed by atoms with Crippen LogP contribution in [-0.2, 0) is 6.42 Å². The zero-order valence-electron chi connectivity index (χ0n) is 12.4. The first-order chi connectivity index (χ1) is 9.67. The minimum atomic E-state index is 0.307. The van der Waals surface area contributed by atoms with Crippen molar-refractivity contribution in [3.8, 4) is 0 Å². The molecule has 0 aliphatic carbocycles. The summed E-state index contributed by atoms with van der Waals surface area (Å²) in [7, 11) is 0. The van der Waals surface area contributed by atoms with E-state index in [9.17, 15) is 0 Å². The lowest BCUT2D eigenvalue weighted by atomic mass is 9.97. The van der Waals surface area contributed by atoms with Crippen LogP contribution in [0.25, 0.3) is 0 Å². The van der Waals surface area contributed by atoms with Crippen LogP contribution in [0.1, 0.15) is 47.9 Å². The maximum absolute atomic E-state index is 3.71. The fourth-order valence-electron chi connectivity index (χ4n) is 2.42. The van der Waals surface area contributed by atoms with Crippen molar-refractivity contribution >= 4 is 27.3 Å². The first-order valence-electron chi connectivity index (χ1n) is 7.24. The molecule has 1 atom stereocenters. The number of benzene rings is 1. The molecule has 0 aliphatic rings. The van der Waals surface area contributed by atoms with Crippen molar-refractivity contribution in [1.82, 2.24) is 5.32 Å². The molecule has 0 saturated heterocycles. The SMILES string of the molecule is CCCNC(c1cc(C)c(Br)s1)c1ccccc1CC. The maximum atomic E-state index is 3.71. The van der Waals surface area contributed by atoms with E-state index in [1.807, 2.05) is 11.3 Å². The Morgan fingerprint density at radius 3 is 2.60 bits per heavy atom. The van der Waals surface area contributed by atoms with Crippen LogP contribution in [0, 0.1) is 6.92 Å². The highest BCUT2D eigenvalue weighted by Gasteiger charge is 2.18. The average molecular weight is 352 g/mol. The third kappa shape index (κ3) is 3.51. The Hall–Kier alpha value is -0.640. The lowest BCUT2D eigenvalue weighted by molar-refractivity contribution is 0.602. The fraction of sp³-hybridized carbons (Fsp3) is 0.412. The molecule has 1 aromatic heterocycles. The summed E-state index contributed by atoms with van der Waals surface area (Å²) in [5.74, 6) is 0.